The molecule has 4 heteroatoms. The monoisotopic (exact) mass is 642 g/mol. The van der Waals surface area contributed by atoms with Gasteiger partial charge in [0.05, 0.1) is 0 Å². The second-order valence-electron chi connectivity index (χ2n) is 12.8. The molecule has 2 aliphatic rings. The molecular weight excluding hydrogens is 609 g/mol. The van der Waals surface area contributed by atoms with Crippen LogP contribution in [-0.4, -0.2) is 16.7 Å². The van der Waals surface area contributed by atoms with Gasteiger partial charge in [0.2, 0.25) is 0 Å². The SMILES string of the molecule is C1=CCC/C=C\C(C2=NC(c3cccc(-c4cccc(-c5ccc6c7ccccc7c7ccccc7c6c5)c4)c3)N=C(c3ccncc3)N2)=C1. The lowest BCUT2D eigenvalue weighted by Crippen LogP contribution is -2.36. The quantitative estimate of drug-likeness (QED) is 0.190. The van der Waals surface area contributed by atoms with Gasteiger partial charge in [-0.1, -0.05) is 127 Å². The van der Waals surface area contributed by atoms with E-state index in [0.29, 0.717) is 0 Å². The van der Waals surface area contributed by atoms with Crippen LogP contribution in [0.4, 0.5) is 0 Å². The molecule has 9 rings (SSSR count). The number of aromatic nitrogens is 1. The summed E-state index contributed by atoms with van der Waals surface area (Å²) in [6.07, 6.45) is 16.0. The number of amidine groups is 2. The maximum atomic E-state index is 5.15. The van der Waals surface area contributed by atoms with Gasteiger partial charge in [-0.25, -0.2) is 9.98 Å². The van der Waals surface area contributed by atoms with E-state index in [1.165, 1.54) is 43.4 Å². The first-order valence-corrected chi connectivity index (χ1v) is 17.2. The largest absolute Gasteiger partial charge is 0.324 e. The minimum absolute atomic E-state index is 0.398. The van der Waals surface area contributed by atoms with Crippen LogP contribution >= 0.6 is 0 Å². The van der Waals surface area contributed by atoms with Crippen LogP contribution < -0.4 is 5.32 Å². The highest BCUT2D eigenvalue weighted by Gasteiger charge is 2.21. The van der Waals surface area contributed by atoms with Crippen LogP contribution in [0.15, 0.2) is 186 Å². The van der Waals surface area contributed by atoms with E-state index in [-0.39, 0.29) is 0 Å². The summed E-state index contributed by atoms with van der Waals surface area (Å²) in [5, 5.41) is 11.2. The molecule has 0 radical (unpaired) electrons. The first-order valence-electron chi connectivity index (χ1n) is 17.2. The van der Waals surface area contributed by atoms with Crippen molar-refractivity contribution in [2.45, 2.75) is 19.0 Å². The minimum atomic E-state index is -0.398. The molecule has 1 aliphatic carbocycles. The Labute approximate surface area is 291 Å². The molecule has 6 aromatic carbocycles. The van der Waals surface area contributed by atoms with Gasteiger partial charge in [-0.3, -0.25) is 4.98 Å². The van der Waals surface area contributed by atoms with Crippen molar-refractivity contribution < 1.29 is 0 Å². The topological polar surface area (TPSA) is 49.6 Å². The van der Waals surface area contributed by atoms with Crippen LogP contribution in [0.5, 0.6) is 0 Å². The summed E-state index contributed by atoms with van der Waals surface area (Å²) in [5.41, 5.74) is 7.71. The van der Waals surface area contributed by atoms with E-state index in [0.717, 1.165) is 52.3 Å². The van der Waals surface area contributed by atoms with Gasteiger partial charge in [-0.15, -0.1) is 0 Å². The third-order valence-corrected chi connectivity index (χ3v) is 9.63. The number of aliphatic imine (C=N–C) groups is 2. The average molecular weight is 643 g/mol. The minimum Gasteiger partial charge on any atom is -0.324 e. The van der Waals surface area contributed by atoms with Gasteiger partial charge >= 0.3 is 0 Å². The van der Waals surface area contributed by atoms with Crippen LogP contribution in [0.2, 0.25) is 0 Å². The Hall–Kier alpha value is -6.39. The van der Waals surface area contributed by atoms with Crippen LogP contribution in [0.1, 0.15) is 30.1 Å². The van der Waals surface area contributed by atoms with Crippen molar-refractivity contribution >= 4 is 44.0 Å². The van der Waals surface area contributed by atoms with Crippen molar-refractivity contribution in [1.82, 2.24) is 10.3 Å². The molecule has 1 unspecified atom stereocenters. The van der Waals surface area contributed by atoms with E-state index in [2.05, 4.69) is 156 Å². The van der Waals surface area contributed by atoms with Gasteiger partial charge < -0.3 is 5.32 Å². The molecular formula is C46H34N4. The molecule has 7 aromatic rings. The number of nitrogens with one attached hydrogen (secondary N) is 1. The summed E-state index contributed by atoms with van der Waals surface area (Å²) in [5.74, 6) is 1.59. The number of benzene rings is 6. The molecule has 0 saturated heterocycles. The molecule has 0 fully saturated rings. The molecule has 238 valence electrons. The molecule has 1 aromatic heterocycles. The third kappa shape index (κ3) is 5.61. The number of hydrogen-bond donors (Lipinski definition) is 1. The van der Waals surface area contributed by atoms with Gasteiger partial charge in [0.1, 0.15) is 11.7 Å². The van der Waals surface area contributed by atoms with Crippen LogP contribution in [0.25, 0.3) is 54.6 Å². The van der Waals surface area contributed by atoms with E-state index < -0.39 is 6.17 Å². The first kappa shape index (κ1) is 29.7. The number of rotatable bonds is 5. The standard InChI is InChI=1S/C46H34N4/c1-2-4-12-31(13-5-3-1)44-48-45(32-24-26-47-27-25-32)50-46(49-44)37-17-11-16-35(29-37)33-14-10-15-34(28-33)36-22-23-42-40-20-7-6-18-38(40)39-19-8-9-21-41(39)43(42)30-36/h2,4-30,46H,1,3H2,(H,48,49,50)/b4-2?,13-5-,31-12?. The highest BCUT2D eigenvalue weighted by atomic mass is 15.2. The van der Waals surface area contributed by atoms with Crippen LogP contribution in [0.3, 0.4) is 0 Å². The number of pyridine rings is 1. The zero-order valence-electron chi connectivity index (χ0n) is 27.5. The van der Waals surface area contributed by atoms with Crippen LogP contribution in [-0.2, 0) is 0 Å². The molecule has 0 bridgehead atoms. The Morgan fingerprint density at radius 2 is 1.08 bits per heavy atom. The summed E-state index contributed by atoms with van der Waals surface area (Å²) < 4.78 is 0. The summed E-state index contributed by atoms with van der Waals surface area (Å²) in [7, 11) is 0. The van der Waals surface area contributed by atoms with Gasteiger partial charge in [-0.05, 0) is 103 Å². The molecule has 0 spiro atoms. The highest BCUT2D eigenvalue weighted by molar-refractivity contribution is 6.25. The Morgan fingerprint density at radius 1 is 0.480 bits per heavy atom. The van der Waals surface area contributed by atoms with E-state index in [1.54, 1.807) is 12.4 Å². The van der Waals surface area contributed by atoms with Crippen molar-refractivity contribution in [3.8, 4) is 22.3 Å². The van der Waals surface area contributed by atoms with Crippen molar-refractivity contribution in [2.24, 2.45) is 9.98 Å². The lowest BCUT2D eigenvalue weighted by atomic mass is 9.91. The lowest BCUT2D eigenvalue weighted by molar-refractivity contribution is 0.756. The predicted molar refractivity (Wildman–Crippen MR) is 210 cm³/mol. The fraction of sp³-hybridized carbons (Fsp3) is 0.0652. The second kappa shape index (κ2) is 12.9. The fourth-order valence-electron chi connectivity index (χ4n) is 7.13. The van der Waals surface area contributed by atoms with E-state index in [4.69, 9.17) is 9.98 Å². The summed E-state index contributed by atoms with van der Waals surface area (Å²) in [6, 6.07) is 45.8. The third-order valence-electron chi connectivity index (χ3n) is 9.63. The molecule has 1 N–H and O–H groups in total. The maximum absolute atomic E-state index is 5.15. The summed E-state index contributed by atoms with van der Waals surface area (Å²) in [6.45, 7) is 0. The van der Waals surface area contributed by atoms with Crippen molar-refractivity contribution in [2.75, 3.05) is 0 Å². The lowest BCUT2D eigenvalue weighted by Gasteiger charge is -2.23. The van der Waals surface area contributed by atoms with Crippen molar-refractivity contribution in [1.29, 1.82) is 0 Å². The van der Waals surface area contributed by atoms with Crippen molar-refractivity contribution in [3.05, 3.63) is 187 Å². The number of fused-ring (bicyclic) bond motifs is 6. The van der Waals surface area contributed by atoms with Gasteiger partial charge in [-0.2, -0.15) is 0 Å². The molecule has 2 heterocycles. The molecule has 0 amide bonds. The zero-order valence-corrected chi connectivity index (χ0v) is 27.5. The summed E-state index contributed by atoms with van der Waals surface area (Å²) in [4.78, 5) is 14.5. The number of nitrogens with zero attached hydrogens (tertiary/aromatic N) is 3. The van der Waals surface area contributed by atoms with E-state index in [1.807, 2.05) is 12.1 Å². The molecule has 50 heavy (non-hydrogen) atoms. The molecule has 4 nitrogen and oxygen atoms in total. The Kier molecular flexibility index (Phi) is 7.67. The predicted octanol–water partition coefficient (Wildman–Crippen LogP) is 11.2. The number of allylic oxidation sites excluding steroid dienone is 4. The van der Waals surface area contributed by atoms with Crippen molar-refractivity contribution in [3.63, 3.8) is 0 Å². The Morgan fingerprint density at radius 3 is 1.82 bits per heavy atom. The second-order valence-corrected chi connectivity index (χ2v) is 12.8. The Balaban J connectivity index is 1.11. The van der Waals surface area contributed by atoms with Gasteiger partial charge in [0.25, 0.3) is 0 Å². The first-order chi connectivity index (χ1) is 24.8. The zero-order chi connectivity index (χ0) is 33.3. The fourth-order valence-corrected chi connectivity index (χ4v) is 7.13. The number of hydrogen-bond acceptors (Lipinski definition) is 4. The smallest absolute Gasteiger partial charge is 0.169 e. The highest BCUT2D eigenvalue weighted by Crippen LogP contribution is 2.38. The van der Waals surface area contributed by atoms with Crippen LogP contribution in [0, 0.1) is 0 Å². The van der Waals surface area contributed by atoms with Gasteiger partial charge in [0.15, 0.2) is 6.17 Å². The molecule has 1 aliphatic heterocycles. The van der Waals surface area contributed by atoms with E-state index in [9.17, 15) is 0 Å². The Bertz CT molecular complexity index is 2540. The summed E-state index contributed by atoms with van der Waals surface area (Å²) >= 11 is 0. The normalized spacial score (nSPS) is 16.6. The molecule has 1 atom stereocenters. The van der Waals surface area contributed by atoms with E-state index >= 15 is 0 Å². The molecule has 0 saturated carbocycles. The maximum Gasteiger partial charge on any atom is 0.169 e. The average Bonchev–Trinajstić information content (AvgIpc) is 3.18. The van der Waals surface area contributed by atoms with Gasteiger partial charge in [0, 0.05) is 23.5 Å².